The summed E-state index contributed by atoms with van der Waals surface area (Å²) >= 11 is 3.58. The minimum Gasteiger partial charge on any atom is -0.313 e. The first-order valence-corrected chi connectivity index (χ1v) is 9.41. The lowest BCUT2D eigenvalue weighted by molar-refractivity contribution is 0.295. The third-order valence-corrected chi connectivity index (χ3v) is 5.84. The summed E-state index contributed by atoms with van der Waals surface area (Å²) in [6.45, 7) is 2.76. The molecule has 0 atom stereocenters. The van der Waals surface area contributed by atoms with Gasteiger partial charge in [-0.2, -0.15) is 0 Å². The van der Waals surface area contributed by atoms with E-state index < -0.39 is 10.0 Å². The van der Waals surface area contributed by atoms with Crippen molar-refractivity contribution in [1.29, 1.82) is 0 Å². The van der Waals surface area contributed by atoms with Crippen LogP contribution < -0.4 is 10.0 Å². The normalized spacial score (nSPS) is 22.5. The first-order chi connectivity index (χ1) is 9.52. The molecule has 1 aromatic carbocycles. The summed E-state index contributed by atoms with van der Waals surface area (Å²) in [5.74, 6) is 0.727. The first-order valence-electron chi connectivity index (χ1n) is 6.97. The minimum absolute atomic E-state index is 0.150. The Morgan fingerprint density at radius 2 is 2.00 bits per heavy atom. The summed E-state index contributed by atoms with van der Waals surface area (Å²) in [7, 11) is -3.10. The average Bonchev–Trinajstić information content (AvgIpc) is 2.33. The molecule has 0 amide bonds. The first kappa shape index (κ1) is 15.9. The molecule has 1 fully saturated rings. The highest BCUT2D eigenvalue weighted by Crippen LogP contribution is 2.39. The minimum atomic E-state index is -3.10. The molecule has 2 N–H and O–H groups in total. The fourth-order valence-electron chi connectivity index (χ4n) is 2.53. The molecule has 0 heterocycles. The van der Waals surface area contributed by atoms with E-state index in [4.69, 9.17) is 0 Å². The summed E-state index contributed by atoms with van der Waals surface area (Å²) in [6.07, 6.45) is 2.15. The van der Waals surface area contributed by atoms with Crippen LogP contribution in [0.1, 0.15) is 31.2 Å². The molecule has 0 spiro atoms. The zero-order chi connectivity index (χ0) is 14.6. The van der Waals surface area contributed by atoms with Crippen molar-refractivity contribution in [2.45, 2.75) is 31.7 Å². The van der Waals surface area contributed by atoms with E-state index in [0.717, 1.165) is 17.3 Å². The van der Waals surface area contributed by atoms with Crippen LogP contribution in [0.5, 0.6) is 0 Å². The third kappa shape index (κ3) is 4.28. The molecule has 0 saturated heterocycles. The van der Waals surface area contributed by atoms with Crippen LogP contribution in [0.4, 0.5) is 0 Å². The van der Waals surface area contributed by atoms with Crippen molar-refractivity contribution >= 4 is 26.0 Å². The van der Waals surface area contributed by atoms with Crippen LogP contribution in [0.2, 0.25) is 0 Å². The van der Waals surface area contributed by atoms with Crippen LogP contribution in [0, 0.1) is 0 Å². The summed E-state index contributed by atoms with van der Waals surface area (Å²) < 4.78 is 26.6. The van der Waals surface area contributed by atoms with Gasteiger partial charge in [-0.25, -0.2) is 13.1 Å². The van der Waals surface area contributed by atoms with E-state index in [2.05, 4.69) is 44.2 Å². The molecule has 2 rings (SSSR count). The highest BCUT2D eigenvalue weighted by Gasteiger charge is 2.30. The van der Waals surface area contributed by atoms with E-state index in [9.17, 15) is 8.42 Å². The second-order valence-electron chi connectivity index (χ2n) is 5.16. The van der Waals surface area contributed by atoms with Gasteiger partial charge in [-0.05, 0) is 30.4 Å². The van der Waals surface area contributed by atoms with Crippen molar-refractivity contribution in [2.24, 2.45) is 0 Å². The predicted octanol–water partition coefficient (Wildman–Crippen LogP) is 2.22. The predicted molar refractivity (Wildman–Crippen MR) is 85.4 cm³/mol. The smallest absolute Gasteiger partial charge is 0.212 e. The average molecular weight is 361 g/mol. The van der Waals surface area contributed by atoms with Gasteiger partial charge in [0.15, 0.2) is 0 Å². The van der Waals surface area contributed by atoms with Crippen molar-refractivity contribution in [2.75, 3.05) is 18.8 Å². The molecule has 20 heavy (non-hydrogen) atoms. The largest absolute Gasteiger partial charge is 0.313 e. The molecule has 0 aromatic heterocycles. The molecule has 4 nitrogen and oxygen atoms in total. The number of sulfonamides is 1. The van der Waals surface area contributed by atoms with Gasteiger partial charge in [-0.3, -0.25) is 0 Å². The molecule has 1 aliphatic carbocycles. The van der Waals surface area contributed by atoms with Gasteiger partial charge in [0.1, 0.15) is 0 Å². The Balaban J connectivity index is 1.71. The maximum Gasteiger partial charge on any atom is 0.212 e. The third-order valence-electron chi connectivity index (χ3n) is 3.65. The summed E-state index contributed by atoms with van der Waals surface area (Å²) in [5.41, 5.74) is 1.35. The van der Waals surface area contributed by atoms with Crippen molar-refractivity contribution in [3.8, 4) is 0 Å². The van der Waals surface area contributed by atoms with Gasteiger partial charge in [0.05, 0.1) is 5.75 Å². The quantitative estimate of drug-likeness (QED) is 0.783. The summed E-state index contributed by atoms with van der Waals surface area (Å²) in [5, 5.41) is 3.32. The molecule has 0 bridgehead atoms. The van der Waals surface area contributed by atoms with Crippen LogP contribution in [-0.2, 0) is 10.0 Å². The lowest BCUT2D eigenvalue weighted by Crippen LogP contribution is -2.43. The molecule has 1 saturated carbocycles. The molecule has 0 aliphatic heterocycles. The van der Waals surface area contributed by atoms with Gasteiger partial charge < -0.3 is 5.32 Å². The number of rotatable bonds is 7. The maximum atomic E-state index is 11.5. The highest BCUT2D eigenvalue weighted by atomic mass is 79.9. The second kappa shape index (κ2) is 7.02. The van der Waals surface area contributed by atoms with Gasteiger partial charge in [-0.1, -0.05) is 41.1 Å². The lowest BCUT2D eigenvalue weighted by atomic mass is 9.76. The molecule has 112 valence electrons. The number of hydrogen-bond acceptors (Lipinski definition) is 3. The lowest BCUT2D eigenvalue weighted by Gasteiger charge is -2.37. The van der Waals surface area contributed by atoms with E-state index in [-0.39, 0.29) is 5.75 Å². The fourth-order valence-corrected chi connectivity index (χ4v) is 4.11. The molecular formula is C14H21BrN2O2S. The Morgan fingerprint density at radius 1 is 1.30 bits per heavy atom. The Labute approximate surface area is 129 Å². The van der Waals surface area contributed by atoms with E-state index in [1.54, 1.807) is 6.92 Å². The van der Waals surface area contributed by atoms with Crippen molar-refractivity contribution in [1.82, 2.24) is 10.0 Å². The van der Waals surface area contributed by atoms with Crippen LogP contribution >= 0.6 is 15.9 Å². The van der Waals surface area contributed by atoms with E-state index >= 15 is 0 Å². The number of benzene rings is 1. The van der Waals surface area contributed by atoms with Gasteiger partial charge >= 0.3 is 0 Å². The molecule has 1 aromatic rings. The van der Waals surface area contributed by atoms with Crippen molar-refractivity contribution in [3.63, 3.8) is 0 Å². The number of nitrogens with one attached hydrogen (secondary N) is 2. The van der Waals surface area contributed by atoms with E-state index in [0.29, 0.717) is 25.0 Å². The van der Waals surface area contributed by atoms with Gasteiger partial charge in [0.2, 0.25) is 10.0 Å². The van der Waals surface area contributed by atoms with E-state index in [1.165, 1.54) is 5.56 Å². The fraction of sp³-hybridized carbons (Fsp3) is 0.571. The Morgan fingerprint density at radius 3 is 2.65 bits per heavy atom. The molecular weight excluding hydrogens is 340 g/mol. The topological polar surface area (TPSA) is 58.2 Å². The Bertz CT molecular complexity index is 542. The standard InChI is InChI=1S/C14H21BrN2O2S/c1-2-17-20(18,19)8-7-16-12-9-11(10-12)13-5-3-4-6-14(13)15/h3-6,11-12,16-17H,2,7-10H2,1H3. The number of halogens is 1. The van der Waals surface area contributed by atoms with Gasteiger partial charge in [0, 0.05) is 23.6 Å². The van der Waals surface area contributed by atoms with E-state index in [1.807, 2.05) is 6.07 Å². The van der Waals surface area contributed by atoms with Crippen LogP contribution in [0.15, 0.2) is 28.7 Å². The zero-order valence-corrected chi connectivity index (χ0v) is 14.0. The monoisotopic (exact) mass is 360 g/mol. The van der Waals surface area contributed by atoms with Crippen molar-refractivity contribution < 1.29 is 8.42 Å². The summed E-state index contributed by atoms with van der Waals surface area (Å²) in [4.78, 5) is 0. The van der Waals surface area contributed by atoms with Crippen molar-refractivity contribution in [3.05, 3.63) is 34.3 Å². The van der Waals surface area contributed by atoms with Gasteiger partial charge in [-0.15, -0.1) is 0 Å². The molecule has 0 radical (unpaired) electrons. The summed E-state index contributed by atoms with van der Waals surface area (Å²) in [6, 6.07) is 8.74. The van der Waals surface area contributed by atoms with Crippen LogP contribution in [0.3, 0.4) is 0 Å². The van der Waals surface area contributed by atoms with Crippen LogP contribution in [-0.4, -0.2) is 33.3 Å². The molecule has 6 heteroatoms. The Hall–Kier alpha value is -0.430. The SMILES string of the molecule is CCNS(=O)(=O)CCNC1CC(c2ccccc2Br)C1. The number of hydrogen-bond donors (Lipinski definition) is 2. The van der Waals surface area contributed by atoms with Crippen LogP contribution in [0.25, 0.3) is 0 Å². The maximum absolute atomic E-state index is 11.5. The second-order valence-corrected chi connectivity index (χ2v) is 7.94. The van der Waals surface area contributed by atoms with Gasteiger partial charge in [0.25, 0.3) is 0 Å². The molecule has 0 unspecified atom stereocenters. The Kier molecular flexibility index (Phi) is 5.60. The molecule has 1 aliphatic rings. The zero-order valence-electron chi connectivity index (χ0n) is 11.6. The highest BCUT2D eigenvalue weighted by molar-refractivity contribution is 9.10.